The first-order valence-electron chi connectivity index (χ1n) is 8.56. The standard InChI is InChI=1S/C19H23N3O3/c1-15(16-4-3-5-18(14-16)22(23)24)20-10-12-21(13-11-20)17-6-8-19(25-2)9-7-17/h3-9,14-15H,10-13H2,1-2H3/p+1/t15-/m0/s1. The lowest BCUT2D eigenvalue weighted by Crippen LogP contribution is -3.14. The van der Waals surface area contributed by atoms with Gasteiger partial charge in [0.05, 0.1) is 38.2 Å². The molecule has 1 heterocycles. The van der Waals surface area contributed by atoms with Gasteiger partial charge in [-0.3, -0.25) is 10.1 Å². The second kappa shape index (κ2) is 7.53. The van der Waals surface area contributed by atoms with Crippen molar-refractivity contribution < 1.29 is 14.6 Å². The van der Waals surface area contributed by atoms with Gasteiger partial charge in [-0.25, -0.2) is 0 Å². The summed E-state index contributed by atoms with van der Waals surface area (Å²) in [5, 5.41) is 11.0. The third-order valence-electron chi connectivity index (χ3n) is 5.04. The van der Waals surface area contributed by atoms with E-state index in [-0.39, 0.29) is 16.7 Å². The molecule has 6 nitrogen and oxygen atoms in total. The highest BCUT2D eigenvalue weighted by atomic mass is 16.6. The monoisotopic (exact) mass is 342 g/mol. The topological polar surface area (TPSA) is 60.0 Å². The number of nitrogens with one attached hydrogen (secondary N) is 1. The van der Waals surface area contributed by atoms with Gasteiger partial charge >= 0.3 is 0 Å². The van der Waals surface area contributed by atoms with Crippen LogP contribution in [0.3, 0.4) is 0 Å². The van der Waals surface area contributed by atoms with Crippen molar-refractivity contribution in [1.29, 1.82) is 0 Å². The van der Waals surface area contributed by atoms with Crippen LogP contribution >= 0.6 is 0 Å². The number of hydrogen-bond acceptors (Lipinski definition) is 4. The smallest absolute Gasteiger partial charge is 0.269 e. The van der Waals surface area contributed by atoms with Gasteiger partial charge < -0.3 is 14.5 Å². The number of non-ortho nitro benzene ring substituents is 1. The van der Waals surface area contributed by atoms with E-state index in [4.69, 9.17) is 4.74 Å². The molecule has 0 bridgehead atoms. The number of hydrogen-bond donors (Lipinski definition) is 1. The third-order valence-corrected chi connectivity index (χ3v) is 5.04. The Morgan fingerprint density at radius 2 is 1.84 bits per heavy atom. The number of nitro benzene ring substituents is 1. The molecule has 1 N–H and O–H groups in total. The van der Waals surface area contributed by atoms with Crippen LogP contribution in [0.4, 0.5) is 11.4 Å². The average molecular weight is 342 g/mol. The number of ether oxygens (including phenoxy) is 1. The van der Waals surface area contributed by atoms with Crippen molar-refractivity contribution in [2.24, 2.45) is 0 Å². The first-order valence-corrected chi connectivity index (χ1v) is 8.56. The normalized spacial score (nSPS) is 16.5. The summed E-state index contributed by atoms with van der Waals surface area (Å²) in [6.07, 6.45) is 0. The molecule has 1 aliphatic heterocycles. The number of rotatable bonds is 5. The molecule has 0 aromatic heterocycles. The van der Waals surface area contributed by atoms with Crippen LogP contribution in [-0.2, 0) is 0 Å². The van der Waals surface area contributed by atoms with Crippen LogP contribution in [0.5, 0.6) is 5.75 Å². The molecular formula is C19H24N3O3+. The maximum Gasteiger partial charge on any atom is 0.269 e. The van der Waals surface area contributed by atoms with E-state index in [1.807, 2.05) is 18.2 Å². The Hall–Kier alpha value is -2.60. The van der Waals surface area contributed by atoms with E-state index in [0.717, 1.165) is 37.5 Å². The van der Waals surface area contributed by atoms with E-state index in [1.54, 1.807) is 25.3 Å². The SMILES string of the molecule is COc1ccc(N2CC[NH+]([C@@H](C)c3cccc([N+](=O)[O-])c3)CC2)cc1. The largest absolute Gasteiger partial charge is 0.497 e. The Morgan fingerprint density at radius 3 is 2.44 bits per heavy atom. The van der Waals surface area contributed by atoms with Crippen molar-refractivity contribution >= 4 is 11.4 Å². The predicted molar refractivity (Wildman–Crippen MR) is 97.4 cm³/mol. The molecule has 6 heteroatoms. The van der Waals surface area contributed by atoms with Crippen LogP contribution in [0.1, 0.15) is 18.5 Å². The molecule has 1 atom stereocenters. The fraction of sp³-hybridized carbons (Fsp3) is 0.368. The summed E-state index contributed by atoms with van der Waals surface area (Å²) in [6.45, 7) is 6.12. The minimum Gasteiger partial charge on any atom is -0.497 e. The van der Waals surface area contributed by atoms with Gasteiger partial charge in [-0.2, -0.15) is 0 Å². The number of methoxy groups -OCH3 is 1. The molecule has 0 saturated carbocycles. The fourth-order valence-corrected chi connectivity index (χ4v) is 3.42. The van der Waals surface area contributed by atoms with Crippen LogP contribution in [0.25, 0.3) is 0 Å². The van der Waals surface area contributed by atoms with E-state index in [2.05, 4.69) is 24.0 Å². The van der Waals surface area contributed by atoms with Crippen LogP contribution in [0.2, 0.25) is 0 Å². The second-order valence-electron chi connectivity index (χ2n) is 6.42. The molecule has 0 amide bonds. The van der Waals surface area contributed by atoms with E-state index in [0.29, 0.717) is 0 Å². The van der Waals surface area contributed by atoms with Crippen LogP contribution in [-0.4, -0.2) is 38.2 Å². The maximum absolute atomic E-state index is 11.0. The summed E-state index contributed by atoms with van der Waals surface area (Å²) < 4.78 is 5.21. The minimum atomic E-state index is -0.326. The Kier molecular flexibility index (Phi) is 5.19. The molecule has 0 spiro atoms. The van der Waals surface area contributed by atoms with Crippen molar-refractivity contribution in [3.8, 4) is 5.75 Å². The summed E-state index contributed by atoms with van der Waals surface area (Å²) in [7, 11) is 1.67. The Bertz CT molecular complexity index is 725. The summed E-state index contributed by atoms with van der Waals surface area (Å²) in [5.74, 6) is 0.868. The molecule has 3 rings (SSSR count). The number of nitro groups is 1. The average Bonchev–Trinajstić information content (AvgIpc) is 2.67. The highest BCUT2D eigenvalue weighted by Crippen LogP contribution is 2.20. The maximum atomic E-state index is 11.0. The van der Waals surface area contributed by atoms with Gasteiger partial charge in [0.2, 0.25) is 0 Å². The van der Waals surface area contributed by atoms with E-state index in [9.17, 15) is 10.1 Å². The molecule has 1 fully saturated rings. The van der Waals surface area contributed by atoms with Crippen molar-refractivity contribution in [2.45, 2.75) is 13.0 Å². The number of piperazine rings is 1. The van der Waals surface area contributed by atoms with Gasteiger partial charge in [-0.15, -0.1) is 0 Å². The van der Waals surface area contributed by atoms with Gasteiger partial charge in [0, 0.05) is 23.4 Å². The van der Waals surface area contributed by atoms with Crippen LogP contribution in [0, 0.1) is 10.1 Å². The van der Waals surface area contributed by atoms with E-state index in [1.165, 1.54) is 10.6 Å². The van der Waals surface area contributed by atoms with Gasteiger partial charge in [0.1, 0.15) is 11.8 Å². The highest BCUT2D eigenvalue weighted by molar-refractivity contribution is 5.49. The van der Waals surface area contributed by atoms with E-state index >= 15 is 0 Å². The first kappa shape index (κ1) is 17.2. The van der Waals surface area contributed by atoms with Crippen molar-refractivity contribution in [3.63, 3.8) is 0 Å². The molecular weight excluding hydrogens is 318 g/mol. The lowest BCUT2D eigenvalue weighted by atomic mass is 10.1. The van der Waals surface area contributed by atoms with Crippen molar-refractivity contribution in [3.05, 3.63) is 64.2 Å². The lowest BCUT2D eigenvalue weighted by molar-refractivity contribution is -0.930. The Labute approximate surface area is 147 Å². The van der Waals surface area contributed by atoms with Crippen molar-refractivity contribution in [1.82, 2.24) is 0 Å². The zero-order valence-corrected chi connectivity index (χ0v) is 14.6. The molecule has 0 unspecified atom stereocenters. The summed E-state index contributed by atoms with van der Waals surface area (Å²) >= 11 is 0. The van der Waals surface area contributed by atoms with Crippen LogP contribution in [0.15, 0.2) is 48.5 Å². The zero-order chi connectivity index (χ0) is 17.8. The van der Waals surface area contributed by atoms with Gasteiger partial charge in [-0.05, 0) is 31.2 Å². The molecule has 0 radical (unpaired) electrons. The number of benzene rings is 2. The quantitative estimate of drug-likeness (QED) is 0.667. The molecule has 1 aliphatic rings. The van der Waals surface area contributed by atoms with Crippen molar-refractivity contribution in [2.75, 3.05) is 38.2 Å². The lowest BCUT2D eigenvalue weighted by Gasteiger charge is -2.36. The zero-order valence-electron chi connectivity index (χ0n) is 14.6. The molecule has 132 valence electrons. The molecule has 1 saturated heterocycles. The van der Waals surface area contributed by atoms with E-state index < -0.39 is 0 Å². The minimum absolute atomic E-state index is 0.167. The third kappa shape index (κ3) is 3.91. The fourth-order valence-electron chi connectivity index (χ4n) is 3.42. The van der Waals surface area contributed by atoms with Crippen LogP contribution < -0.4 is 14.5 Å². The Morgan fingerprint density at radius 1 is 1.16 bits per heavy atom. The summed E-state index contributed by atoms with van der Waals surface area (Å²) in [4.78, 5) is 14.5. The number of nitrogens with zero attached hydrogens (tertiary/aromatic N) is 2. The summed E-state index contributed by atoms with van der Waals surface area (Å²) in [6, 6.07) is 15.4. The molecule has 0 aliphatic carbocycles. The predicted octanol–water partition coefficient (Wildman–Crippen LogP) is 2.07. The highest BCUT2D eigenvalue weighted by Gasteiger charge is 2.26. The first-order chi connectivity index (χ1) is 12.1. The van der Waals surface area contributed by atoms with Gasteiger partial charge in [-0.1, -0.05) is 12.1 Å². The Balaban J connectivity index is 1.63. The molecule has 2 aromatic carbocycles. The second-order valence-corrected chi connectivity index (χ2v) is 6.42. The van der Waals surface area contributed by atoms with Gasteiger partial charge in [0.15, 0.2) is 0 Å². The molecule has 25 heavy (non-hydrogen) atoms. The van der Waals surface area contributed by atoms with Gasteiger partial charge in [0.25, 0.3) is 5.69 Å². The summed E-state index contributed by atoms with van der Waals surface area (Å²) in [5.41, 5.74) is 2.41. The number of quaternary nitrogens is 1. The number of anilines is 1. The molecule has 2 aromatic rings.